The Morgan fingerprint density at radius 3 is 2.52 bits per heavy atom. The zero-order chi connectivity index (χ0) is 16.0. The standard InChI is InChI=1S/C18H18N2O2S/c1-23(21,22)13-8-6-12(7-9-13)17-18-15(10-11-19-17)14-4-2-3-5-16(14)20-18/h2-9,17,19-20H,10-11H2,1H3. The number of fused-ring (bicyclic) bond motifs is 3. The van der Waals surface area contributed by atoms with Gasteiger partial charge in [-0.2, -0.15) is 0 Å². The number of H-pyrrole nitrogens is 1. The summed E-state index contributed by atoms with van der Waals surface area (Å²) in [6, 6.07) is 15.6. The first-order valence-corrected chi connectivity index (χ1v) is 9.56. The van der Waals surface area contributed by atoms with Gasteiger partial charge in [-0.3, -0.25) is 0 Å². The number of hydrogen-bond donors (Lipinski definition) is 2. The Morgan fingerprint density at radius 1 is 1.04 bits per heavy atom. The van der Waals surface area contributed by atoms with Crippen molar-refractivity contribution in [3.05, 3.63) is 65.4 Å². The number of sulfone groups is 1. The summed E-state index contributed by atoms with van der Waals surface area (Å²) in [5, 5.41) is 4.81. The van der Waals surface area contributed by atoms with Crippen LogP contribution in [0.3, 0.4) is 0 Å². The van der Waals surface area contributed by atoms with Crippen LogP contribution in [-0.4, -0.2) is 26.2 Å². The number of para-hydroxylation sites is 1. The third kappa shape index (κ3) is 2.46. The highest BCUT2D eigenvalue weighted by atomic mass is 32.2. The average Bonchev–Trinajstić information content (AvgIpc) is 2.93. The first-order chi connectivity index (χ1) is 11.0. The molecular weight excluding hydrogens is 308 g/mol. The van der Waals surface area contributed by atoms with Crippen molar-refractivity contribution in [1.29, 1.82) is 0 Å². The van der Waals surface area contributed by atoms with Crippen molar-refractivity contribution in [2.24, 2.45) is 0 Å². The number of aromatic amines is 1. The first-order valence-electron chi connectivity index (χ1n) is 7.67. The molecule has 118 valence electrons. The highest BCUT2D eigenvalue weighted by molar-refractivity contribution is 7.90. The molecule has 0 spiro atoms. The minimum absolute atomic E-state index is 0.0692. The molecule has 4 nitrogen and oxygen atoms in total. The summed E-state index contributed by atoms with van der Waals surface area (Å²) in [4.78, 5) is 3.88. The van der Waals surface area contributed by atoms with E-state index in [-0.39, 0.29) is 6.04 Å². The summed E-state index contributed by atoms with van der Waals surface area (Å²) in [7, 11) is -3.16. The van der Waals surface area contributed by atoms with Crippen molar-refractivity contribution in [2.75, 3.05) is 12.8 Å². The molecule has 4 rings (SSSR count). The molecule has 2 N–H and O–H groups in total. The van der Waals surface area contributed by atoms with Crippen molar-refractivity contribution >= 4 is 20.7 Å². The lowest BCUT2D eigenvalue weighted by Gasteiger charge is -2.25. The van der Waals surface area contributed by atoms with Crippen LogP contribution in [0.4, 0.5) is 0 Å². The monoisotopic (exact) mass is 326 g/mol. The van der Waals surface area contributed by atoms with Crippen LogP contribution in [0.5, 0.6) is 0 Å². The number of nitrogens with one attached hydrogen (secondary N) is 2. The molecule has 23 heavy (non-hydrogen) atoms. The molecule has 0 fully saturated rings. The smallest absolute Gasteiger partial charge is 0.175 e. The van der Waals surface area contributed by atoms with E-state index in [1.54, 1.807) is 12.1 Å². The van der Waals surface area contributed by atoms with Gasteiger partial charge in [0.25, 0.3) is 0 Å². The summed E-state index contributed by atoms with van der Waals surface area (Å²) < 4.78 is 23.2. The van der Waals surface area contributed by atoms with Crippen LogP contribution in [0, 0.1) is 0 Å². The summed E-state index contributed by atoms with van der Waals surface area (Å²) in [6.45, 7) is 0.910. The maximum absolute atomic E-state index is 11.6. The Balaban J connectivity index is 1.80. The molecule has 2 heterocycles. The fourth-order valence-electron chi connectivity index (χ4n) is 3.37. The van der Waals surface area contributed by atoms with Gasteiger partial charge in [-0.15, -0.1) is 0 Å². The minimum Gasteiger partial charge on any atom is -0.357 e. The predicted molar refractivity (Wildman–Crippen MR) is 91.4 cm³/mol. The van der Waals surface area contributed by atoms with E-state index in [4.69, 9.17) is 0 Å². The maximum Gasteiger partial charge on any atom is 0.175 e. The highest BCUT2D eigenvalue weighted by Gasteiger charge is 2.25. The molecule has 3 aromatic rings. The lowest BCUT2D eigenvalue weighted by Crippen LogP contribution is -2.30. The van der Waals surface area contributed by atoms with Crippen molar-refractivity contribution in [2.45, 2.75) is 17.4 Å². The summed E-state index contributed by atoms with van der Waals surface area (Å²) >= 11 is 0. The van der Waals surface area contributed by atoms with Crippen LogP contribution < -0.4 is 5.32 Å². The van der Waals surface area contributed by atoms with Gasteiger partial charge in [0.15, 0.2) is 9.84 Å². The highest BCUT2D eigenvalue weighted by Crippen LogP contribution is 2.33. The van der Waals surface area contributed by atoms with Crippen LogP contribution >= 0.6 is 0 Å². The van der Waals surface area contributed by atoms with E-state index in [9.17, 15) is 8.42 Å². The second-order valence-electron chi connectivity index (χ2n) is 6.04. The molecule has 2 aromatic carbocycles. The van der Waals surface area contributed by atoms with Gasteiger partial charge in [0.2, 0.25) is 0 Å². The maximum atomic E-state index is 11.6. The van der Waals surface area contributed by atoms with Crippen LogP contribution in [0.2, 0.25) is 0 Å². The van der Waals surface area contributed by atoms with Crippen LogP contribution in [-0.2, 0) is 16.3 Å². The van der Waals surface area contributed by atoms with E-state index < -0.39 is 9.84 Å². The van der Waals surface area contributed by atoms with Gasteiger partial charge in [0.1, 0.15) is 0 Å². The Kier molecular flexibility index (Phi) is 3.28. The molecule has 0 bridgehead atoms. The van der Waals surface area contributed by atoms with Gasteiger partial charge in [-0.05, 0) is 35.7 Å². The fraction of sp³-hybridized carbons (Fsp3) is 0.222. The third-order valence-corrected chi connectivity index (χ3v) is 5.63. The summed E-state index contributed by atoms with van der Waals surface area (Å²) in [5.41, 5.74) is 4.77. The minimum atomic E-state index is -3.16. The number of aromatic nitrogens is 1. The molecular formula is C18H18N2O2S. The predicted octanol–water partition coefficient (Wildman–Crippen LogP) is 2.81. The third-order valence-electron chi connectivity index (χ3n) is 4.50. The normalized spacial score (nSPS) is 18.0. The fourth-order valence-corrected chi connectivity index (χ4v) is 4.00. The number of benzene rings is 2. The number of rotatable bonds is 2. The van der Waals surface area contributed by atoms with E-state index in [2.05, 4.69) is 28.5 Å². The van der Waals surface area contributed by atoms with E-state index >= 15 is 0 Å². The molecule has 1 aliphatic rings. The Bertz CT molecular complexity index is 972. The molecule has 1 aromatic heterocycles. The second kappa shape index (κ2) is 5.22. The topological polar surface area (TPSA) is 62.0 Å². The second-order valence-corrected chi connectivity index (χ2v) is 8.06. The Morgan fingerprint density at radius 2 is 1.78 bits per heavy atom. The van der Waals surface area contributed by atoms with Gasteiger partial charge < -0.3 is 10.3 Å². The van der Waals surface area contributed by atoms with E-state index in [0.717, 1.165) is 24.0 Å². The average molecular weight is 326 g/mol. The molecule has 0 saturated carbocycles. The van der Waals surface area contributed by atoms with Crippen molar-refractivity contribution in [3.63, 3.8) is 0 Å². The van der Waals surface area contributed by atoms with E-state index in [1.807, 2.05) is 18.2 Å². The molecule has 0 radical (unpaired) electrons. The molecule has 0 amide bonds. The molecule has 0 aliphatic carbocycles. The summed E-state index contributed by atoms with van der Waals surface area (Å²) in [6.07, 6.45) is 2.23. The largest absolute Gasteiger partial charge is 0.357 e. The van der Waals surface area contributed by atoms with Crippen LogP contribution in [0.1, 0.15) is 22.9 Å². The van der Waals surface area contributed by atoms with Crippen molar-refractivity contribution in [1.82, 2.24) is 10.3 Å². The zero-order valence-electron chi connectivity index (χ0n) is 12.8. The van der Waals surface area contributed by atoms with Gasteiger partial charge >= 0.3 is 0 Å². The van der Waals surface area contributed by atoms with Gasteiger partial charge in [0, 0.05) is 29.4 Å². The van der Waals surface area contributed by atoms with E-state index in [0.29, 0.717) is 4.90 Å². The van der Waals surface area contributed by atoms with Gasteiger partial charge in [0.05, 0.1) is 10.9 Å². The Labute approximate surface area is 135 Å². The molecule has 1 atom stereocenters. The van der Waals surface area contributed by atoms with Crippen molar-refractivity contribution in [3.8, 4) is 0 Å². The molecule has 5 heteroatoms. The van der Waals surface area contributed by atoms with Gasteiger partial charge in [-0.1, -0.05) is 30.3 Å². The lowest BCUT2D eigenvalue weighted by molar-refractivity contribution is 0.560. The van der Waals surface area contributed by atoms with Gasteiger partial charge in [-0.25, -0.2) is 8.42 Å². The molecule has 1 aliphatic heterocycles. The zero-order valence-corrected chi connectivity index (χ0v) is 13.7. The van der Waals surface area contributed by atoms with Crippen molar-refractivity contribution < 1.29 is 8.42 Å². The van der Waals surface area contributed by atoms with E-state index in [1.165, 1.54) is 22.9 Å². The van der Waals surface area contributed by atoms with Crippen LogP contribution in [0.15, 0.2) is 53.4 Å². The molecule has 1 unspecified atom stereocenters. The quantitative estimate of drug-likeness (QED) is 0.761. The first kappa shape index (κ1) is 14.5. The summed E-state index contributed by atoms with van der Waals surface area (Å²) in [5.74, 6) is 0. The lowest BCUT2D eigenvalue weighted by atomic mass is 9.94. The Hall–Kier alpha value is -2.11. The van der Waals surface area contributed by atoms with Crippen LogP contribution in [0.25, 0.3) is 10.9 Å². The number of hydrogen-bond acceptors (Lipinski definition) is 3. The molecule has 0 saturated heterocycles. The SMILES string of the molecule is CS(=O)(=O)c1ccc(C2NCCc3c2[nH]c2ccccc32)cc1.